The van der Waals surface area contributed by atoms with Gasteiger partial charge >= 0.3 is 0 Å². The minimum atomic E-state index is -0.419. The van der Waals surface area contributed by atoms with Crippen LogP contribution in [0.4, 0.5) is 11.8 Å². The summed E-state index contributed by atoms with van der Waals surface area (Å²) in [6.45, 7) is 1.53. The standard InChI is InChI=1S/C26H34ClN7O2/c1-36-14-12-29-26-32-23(16-24(33-26)34-13-11-28-18-34)31-22(15-19-5-3-2-4-6-19)25(35)30-17-20-7-9-21(27)10-8-20/h7-11,13,16,18-19,22H,2-6,12,14-15,17H2,1H3,(H,30,35)(H2,29,31,32,33)/t22-/m1/s1. The van der Waals surface area contributed by atoms with Crippen LogP contribution in [0.1, 0.15) is 44.1 Å². The molecule has 0 saturated heterocycles. The second-order valence-electron chi connectivity index (χ2n) is 9.11. The van der Waals surface area contributed by atoms with Crippen molar-refractivity contribution in [3.05, 3.63) is 59.6 Å². The van der Waals surface area contributed by atoms with Crippen LogP contribution in [-0.4, -0.2) is 51.7 Å². The molecule has 9 nitrogen and oxygen atoms in total. The molecule has 0 unspecified atom stereocenters. The quantitative estimate of drug-likeness (QED) is 0.309. The second kappa shape index (κ2) is 13.2. The summed E-state index contributed by atoms with van der Waals surface area (Å²) >= 11 is 6.00. The van der Waals surface area contributed by atoms with Gasteiger partial charge in [-0.2, -0.15) is 9.97 Å². The zero-order valence-corrected chi connectivity index (χ0v) is 21.4. The molecule has 4 rings (SSSR count). The number of nitrogens with one attached hydrogen (secondary N) is 3. The zero-order chi connectivity index (χ0) is 25.2. The summed E-state index contributed by atoms with van der Waals surface area (Å²) in [4.78, 5) is 26.7. The fourth-order valence-corrected chi connectivity index (χ4v) is 4.59. The first-order valence-corrected chi connectivity index (χ1v) is 12.9. The van der Waals surface area contributed by atoms with Crippen molar-refractivity contribution in [1.29, 1.82) is 0 Å². The van der Waals surface area contributed by atoms with Gasteiger partial charge in [0, 0.05) is 43.7 Å². The number of hydrogen-bond acceptors (Lipinski definition) is 7. The molecule has 0 radical (unpaired) electrons. The predicted octanol–water partition coefficient (Wildman–Crippen LogP) is 4.44. The molecule has 1 aliphatic rings. The lowest BCUT2D eigenvalue weighted by Crippen LogP contribution is -2.41. The molecule has 192 valence electrons. The fourth-order valence-electron chi connectivity index (χ4n) is 4.46. The van der Waals surface area contributed by atoms with E-state index in [9.17, 15) is 4.79 Å². The average molecular weight is 512 g/mol. The Morgan fingerprint density at radius 1 is 1.19 bits per heavy atom. The highest BCUT2D eigenvalue weighted by Crippen LogP contribution is 2.28. The predicted molar refractivity (Wildman–Crippen MR) is 141 cm³/mol. The highest BCUT2D eigenvalue weighted by Gasteiger charge is 2.25. The number of aromatic nitrogens is 4. The van der Waals surface area contributed by atoms with Gasteiger partial charge in [0.15, 0.2) is 0 Å². The van der Waals surface area contributed by atoms with E-state index < -0.39 is 6.04 Å². The molecular formula is C26H34ClN7O2. The Labute approximate surface area is 217 Å². The van der Waals surface area contributed by atoms with Crippen LogP contribution in [0, 0.1) is 5.92 Å². The number of carbonyl (C=O) groups excluding carboxylic acids is 1. The van der Waals surface area contributed by atoms with E-state index in [-0.39, 0.29) is 5.91 Å². The van der Waals surface area contributed by atoms with Crippen LogP contribution in [-0.2, 0) is 16.1 Å². The van der Waals surface area contributed by atoms with Crippen molar-refractivity contribution in [2.45, 2.75) is 51.1 Å². The van der Waals surface area contributed by atoms with Gasteiger partial charge < -0.3 is 20.7 Å². The first-order chi connectivity index (χ1) is 17.6. The van der Waals surface area contributed by atoms with Crippen LogP contribution >= 0.6 is 11.6 Å². The summed E-state index contributed by atoms with van der Waals surface area (Å²) < 4.78 is 6.95. The van der Waals surface area contributed by atoms with Gasteiger partial charge in [0.2, 0.25) is 11.9 Å². The van der Waals surface area contributed by atoms with Gasteiger partial charge in [-0.25, -0.2) is 4.98 Å². The molecule has 1 amide bonds. The number of anilines is 2. The van der Waals surface area contributed by atoms with Crippen molar-refractivity contribution in [2.24, 2.45) is 5.92 Å². The topological polar surface area (TPSA) is 106 Å². The molecule has 1 saturated carbocycles. The molecule has 1 aliphatic carbocycles. The fraction of sp³-hybridized carbons (Fsp3) is 0.462. The SMILES string of the molecule is COCCNc1nc(N[C@H](CC2CCCCC2)C(=O)NCc2ccc(Cl)cc2)cc(-n2ccnc2)n1. The number of rotatable bonds is 12. The van der Waals surface area contributed by atoms with Gasteiger partial charge in [0.1, 0.15) is 24.0 Å². The van der Waals surface area contributed by atoms with E-state index in [0.717, 1.165) is 24.8 Å². The monoisotopic (exact) mass is 511 g/mol. The molecule has 0 bridgehead atoms. The number of ether oxygens (including phenoxy) is 1. The molecule has 0 aliphatic heterocycles. The molecule has 3 aromatic rings. The maximum Gasteiger partial charge on any atom is 0.242 e. The van der Waals surface area contributed by atoms with Gasteiger partial charge in [-0.1, -0.05) is 55.8 Å². The van der Waals surface area contributed by atoms with E-state index in [2.05, 4.69) is 30.9 Å². The Hall–Kier alpha value is -3.17. The molecule has 36 heavy (non-hydrogen) atoms. The lowest BCUT2D eigenvalue weighted by atomic mass is 9.84. The maximum absolute atomic E-state index is 13.4. The van der Waals surface area contributed by atoms with Crippen molar-refractivity contribution < 1.29 is 9.53 Å². The number of amides is 1. The maximum atomic E-state index is 13.4. The summed E-state index contributed by atoms with van der Waals surface area (Å²) in [6, 6.07) is 8.92. The summed E-state index contributed by atoms with van der Waals surface area (Å²) in [5, 5.41) is 10.4. The Kier molecular flexibility index (Phi) is 9.52. The molecule has 1 fully saturated rings. The summed E-state index contributed by atoms with van der Waals surface area (Å²) in [6.07, 6.45) is 12.0. The molecule has 2 heterocycles. The number of carbonyl (C=O) groups is 1. The molecule has 1 aromatic carbocycles. The number of benzene rings is 1. The third-order valence-corrected chi connectivity index (χ3v) is 6.64. The van der Waals surface area contributed by atoms with Crippen LogP contribution in [0.15, 0.2) is 49.1 Å². The van der Waals surface area contributed by atoms with Gasteiger partial charge in [-0.3, -0.25) is 9.36 Å². The van der Waals surface area contributed by atoms with Gasteiger partial charge in [0.25, 0.3) is 0 Å². The van der Waals surface area contributed by atoms with Crippen molar-refractivity contribution in [1.82, 2.24) is 24.8 Å². The number of hydrogen-bond donors (Lipinski definition) is 3. The first-order valence-electron chi connectivity index (χ1n) is 12.5. The van der Waals surface area contributed by atoms with Crippen molar-refractivity contribution in [3.8, 4) is 5.82 Å². The first kappa shape index (κ1) is 25.9. The third-order valence-electron chi connectivity index (χ3n) is 6.38. The van der Waals surface area contributed by atoms with E-state index in [1.165, 1.54) is 19.3 Å². The van der Waals surface area contributed by atoms with Crippen LogP contribution in [0.2, 0.25) is 5.02 Å². The number of nitrogens with zero attached hydrogens (tertiary/aromatic N) is 4. The van der Waals surface area contributed by atoms with E-state index in [4.69, 9.17) is 16.3 Å². The number of methoxy groups -OCH3 is 1. The van der Waals surface area contributed by atoms with E-state index in [0.29, 0.717) is 48.2 Å². The van der Waals surface area contributed by atoms with Crippen LogP contribution < -0.4 is 16.0 Å². The van der Waals surface area contributed by atoms with Crippen LogP contribution in [0.5, 0.6) is 0 Å². The average Bonchev–Trinajstić information content (AvgIpc) is 3.44. The Morgan fingerprint density at radius 2 is 2.00 bits per heavy atom. The molecule has 10 heteroatoms. The highest BCUT2D eigenvalue weighted by atomic mass is 35.5. The van der Waals surface area contributed by atoms with Gasteiger partial charge in [0.05, 0.1) is 6.61 Å². The Morgan fingerprint density at radius 3 is 2.72 bits per heavy atom. The molecule has 0 spiro atoms. The largest absolute Gasteiger partial charge is 0.383 e. The number of imidazole rings is 1. The summed E-state index contributed by atoms with van der Waals surface area (Å²) in [5.41, 5.74) is 0.998. The minimum Gasteiger partial charge on any atom is -0.383 e. The van der Waals surface area contributed by atoms with E-state index >= 15 is 0 Å². The Balaban J connectivity index is 1.52. The lowest BCUT2D eigenvalue weighted by molar-refractivity contribution is -0.122. The third kappa shape index (κ3) is 7.66. The molecular weight excluding hydrogens is 478 g/mol. The lowest BCUT2D eigenvalue weighted by Gasteiger charge is -2.27. The second-order valence-corrected chi connectivity index (χ2v) is 9.54. The van der Waals surface area contributed by atoms with Crippen molar-refractivity contribution in [3.63, 3.8) is 0 Å². The molecule has 1 atom stereocenters. The Bertz CT molecular complexity index is 1090. The smallest absolute Gasteiger partial charge is 0.242 e. The summed E-state index contributed by atoms with van der Waals surface area (Å²) in [7, 11) is 1.65. The summed E-state index contributed by atoms with van der Waals surface area (Å²) in [5.74, 6) is 2.15. The zero-order valence-electron chi connectivity index (χ0n) is 20.6. The van der Waals surface area contributed by atoms with E-state index in [1.807, 2.05) is 41.1 Å². The number of halogens is 1. The molecule has 3 N–H and O–H groups in total. The minimum absolute atomic E-state index is 0.0489. The van der Waals surface area contributed by atoms with Crippen LogP contribution in [0.3, 0.4) is 0 Å². The highest BCUT2D eigenvalue weighted by molar-refractivity contribution is 6.30. The van der Waals surface area contributed by atoms with Crippen molar-refractivity contribution in [2.75, 3.05) is 30.9 Å². The van der Waals surface area contributed by atoms with Gasteiger partial charge in [-0.05, 0) is 30.0 Å². The van der Waals surface area contributed by atoms with Gasteiger partial charge in [-0.15, -0.1) is 0 Å². The molecule has 2 aromatic heterocycles. The van der Waals surface area contributed by atoms with E-state index in [1.54, 1.807) is 19.6 Å². The van der Waals surface area contributed by atoms with Crippen molar-refractivity contribution >= 4 is 29.3 Å². The van der Waals surface area contributed by atoms with Crippen LogP contribution in [0.25, 0.3) is 5.82 Å². The normalized spacial score (nSPS) is 14.8.